The van der Waals surface area contributed by atoms with Gasteiger partial charge in [0.15, 0.2) is 0 Å². The van der Waals surface area contributed by atoms with E-state index in [-0.39, 0.29) is 59.3 Å². The number of hydrogen-bond donors (Lipinski definition) is 0. The van der Waals surface area contributed by atoms with Crippen molar-refractivity contribution in [2.75, 3.05) is 0 Å². The smallest absolute Gasteiger partial charge is 0.870 e. The fourth-order valence-corrected chi connectivity index (χ4v) is 5.04. The van der Waals surface area contributed by atoms with Crippen LogP contribution in [0.15, 0.2) is 35.2 Å². The Morgan fingerprint density at radius 2 is 1.18 bits per heavy atom. The molecule has 2 aromatic rings. The fraction of sp³-hybridized carbons (Fsp3) is 0.643. The Kier molecular flexibility index (Phi) is 19.4. The maximum absolute atomic E-state index is 11.6. The molecule has 0 fully saturated rings. The van der Waals surface area contributed by atoms with Crippen molar-refractivity contribution in [3.63, 3.8) is 0 Å². The molecule has 0 bridgehead atoms. The number of fused-ring (bicyclic) bond motifs is 1. The molecule has 0 saturated carbocycles. The van der Waals surface area contributed by atoms with Crippen molar-refractivity contribution in [2.24, 2.45) is 0 Å². The third kappa shape index (κ3) is 12.9. The van der Waals surface area contributed by atoms with Gasteiger partial charge in [-0.2, -0.15) is 0 Å². The van der Waals surface area contributed by atoms with Crippen LogP contribution in [0.5, 0.6) is 0 Å². The van der Waals surface area contributed by atoms with E-state index in [0.29, 0.717) is 0 Å². The van der Waals surface area contributed by atoms with Gasteiger partial charge >= 0.3 is 48.9 Å². The van der Waals surface area contributed by atoms with Crippen LogP contribution in [-0.4, -0.2) is 67.3 Å². The Labute approximate surface area is 248 Å². The molecule has 0 amide bonds. The van der Waals surface area contributed by atoms with Crippen LogP contribution >= 0.6 is 0 Å². The van der Waals surface area contributed by atoms with Crippen LogP contribution in [0.3, 0.4) is 0 Å². The second-order valence-corrected chi connectivity index (χ2v) is 10.7. The average molecular weight is 614 g/mol. The van der Waals surface area contributed by atoms with Gasteiger partial charge in [0, 0.05) is 0 Å². The molecule has 0 aliphatic rings. The predicted molar refractivity (Wildman–Crippen MR) is 143 cm³/mol. The second kappa shape index (κ2) is 19.3. The Hall–Kier alpha value is 0.141. The molecule has 0 aromatic heterocycles. The molecule has 2 rings (SSSR count). The molecule has 0 radical (unpaired) electrons. The first kappa shape index (κ1) is 34.1. The van der Waals surface area contributed by atoms with Gasteiger partial charge < -0.3 is 10.0 Å². The Morgan fingerprint density at radius 3 is 1.71 bits per heavy atom. The maximum Gasteiger partial charge on any atom is 2.00 e. The molecule has 1 N–H and O–H groups in total. The predicted octanol–water partition coefficient (Wildman–Crippen LogP) is 7.77. The molecular weight excluding hydrogens is 570 g/mol. The minimum absolute atomic E-state index is 0. The summed E-state index contributed by atoms with van der Waals surface area (Å²) in [4.78, 5) is -0.120. The number of unbranched alkanes of at least 4 members (excludes halogenated alkanes) is 12. The summed E-state index contributed by atoms with van der Waals surface area (Å²) in [5.41, 5.74) is 2.53. The molecule has 6 heteroatoms. The van der Waals surface area contributed by atoms with Gasteiger partial charge in [-0.3, -0.25) is 0 Å². The van der Waals surface area contributed by atoms with Gasteiger partial charge in [-0.1, -0.05) is 109 Å². The van der Waals surface area contributed by atoms with E-state index in [1.807, 2.05) is 6.07 Å². The number of aryl methyl sites for hydroxylation is 2. The van der Waals surface area contributed by atoms with Crippen molar-refractivity contribution < 1.29 is 18.4 Å². The Balaban J connectivity index is 0.00000544. The Bertz CT molecular complexity index is 912. The van der Waals surface area contributed by atoms with E-state index in [1.165, 1.54) is 101 Å². The molecule has 0 spiro atoms. The zero-order valence-electron chi connectivity index (χ0n) is 21.5. The van der Waals surface area contributed by atoms with E-state index in [9.17, 15) is 13.0 Å². The van der Waals surface area contributed by atoms with Crippen molar-refractivity contribution in [3.8, 4) is 0 Å². The molecule has 0 unspecified atom stereocenters. The molecular formula is C28H44BaO4S. The number of hydrogen-bond acceptors (Lipinski definition) is 4. The van der Waals surface area contributed by atoms with E-state index >= 15 is 0 Å². The Morgan fingerprint density at radius 1 is 0.676 bits per heavy atom. The van der Waals surface area contributed by atoms with Crippen LogP contribution in [0.1, 0.15) is 115 Å². The van der Waals surface area contributed by atoms with Gasteiger partial charge in [0.2, 0.25) is 0 Å². The monoisotopic (exact) mass is 614 g/mol. The zero-order chi connectivity index (χ0) is 23.2. The topological polar surface area (TPSA) is 87.2 Å². The van der Waals surface area contributed by atoms with E-state index < -0.39 is 10.1 Å². The van der Waals surface area contributed by atoms with Crippen molar-refractivity contribution in [3.05, 3.63) is 41.5 Å². The van der Waals surface area contributed by atoms with Gasteiger partial charge in [0.25, 0.3) is 0 Å². The van der Waals surface area contributed by atoms with E-state index in [1.54, 1.807) is 6.07 Å². The molecule has 0 aliphatic heterocycles. The largest absolute Gasteiger partial charge is 2.00 e. The summed E-state index contributed by atoms with van der Waals surface area (Å²) in [6, 6.07) is 9.30. The third-order valence-corrected chi connectivity index (χ3v) is 7.31. The number of benzene rings is 2. The molecule has 4 nitrogen and oxygen atoms in total. The van der Waals surface area contributed by atoms with Crippen LogP contribution in [0.25, 0.3) is 10.8 Å². The van der Waals surface area contributed by atoms with Gasteiger partial charge in [-0.05, 0) is 59.7 Å². The quantitative estimate of drug-likeness (QED) is 0.104. The van der Waals surface area contributed by atoms with E-state index in [4.69, 9.17) is 0 Å². The van der Waals surface area contributed by atoms with Crippen LogP contribution in [0, 0.1) is 0 Å². The molecule has 34 heavy (non-hydrogen) atoms. The van der Waals surface area contributed by atoms with Crippen molar-refractivity contribution >= 4 is 69.8 Å². The third-order valence-electron chi connectivity index (χ3n) is 6.48. The second-order valence-electron chi connectivity index (χ2n) is 9.33. The van der Waals surface area contributed by atoms with Crippen molar-refractivity contribution in [1.29, 1.82) is 0 Å². The van der Waals surface area contributed by atoms with E-state index in [0.717, 1.165) is 30.0 Å². The van der Waals surface area contributed by atoms with Gasteiger partial charge in [-0.25, -0.2) is 8.42 Å². The summed E-state index contributed by atoms with van der Waals surface area (Å²) in [6.45, 7) is 4.49. The fourth-order valence-electron chi connectivity index (χ4n) is 4.55. The summed E-state index contributed by atoms with van der Waals surface area (Å²) < 4.78 is 34.7. The molecule has 0 aliphatic carbocycles. The van der Waals surface area contributed by atoms with Crippen molar-refractivity contribution in [2.45, 2.75) is 121 Å². The van der Waals surface area contributed by atoms with Crippen molar-refractivity contribution in [1.82, 2.24) is 0 Å². The molecule has 0 atom stereocenters. The normalized spacial score (nSPS) is 11.3. The summed E-state index contributed by atoms with van der Waals surface area (Å²) in [5, 5.41) is 1.98. The maximum atomic E-state index is 11.6. The minimum atomic E-state index is -4.44. The zero-order valence-corrected chi connectivity index (χ0v) is 26.7. The van der Waals surface area contributed by atoms with Gasteiger partial charge in [0.1, 0.15) is 10.1 Å². The summed E-state index contributed by atoms with van der Waals surface area (Å²) in [7, 11) is -4.44. The van der Waals surface area contributed by atoms with Crippen LogP contribution < -0.4 is 0 Å². The SMILES string of the molecule is CCCCCCCCCc1cc(CCCCCCCCC)c2cc(S(=O)(=O)[O-])ccc2c1.[Ba+2].[OH-]. The standard InChI is InChI=1S/C28H44O3S.Ba.H2O/c1-3-5-7-9-11-13-15-17-24-21-25(18-16-14-12-10-8-6-4-2)28-23-27(32(29,30)31)20-19-26(28)22-24;;/h19-23H,3-18H2,1-2H3,(H,29,30,31);;1H2/q;+2;/p-2. The summed E-state index contributed by atoms with van der Waals surface area (Å²) >= 11 is 0. The van der Waals surface area contributed by atoms with Crippen LogP contribution in [-0.2, 0) is 23.0 Å². The first-order chi connectivity index (χ1) is 15.5. The summed E-state index contributed by atoms with van der Waals surface area (Å²) in [5.74, 6) is 0. The first-order valence-corrected chi connectivity index (χ1v) is 14.4. The summed E-state index contributed by atoms with van der Waals surface area (Å²) in [6.07, 6.45) is 19.9. The van der Waals surface area contributed by atoms with Crippen LogP contribution in [0.2, 0.25) is 0 Å². The molecule has 2 aromatic carbocycles. The average Bonchev–Trinajstić information content (AvgIpc) is 2.77. The number of rotatable bonds is 17. The first-order valence-electron chi connectivity index (χ1n) is 13.0. The van der Waals surface area contributed by atoms with E-state index in [2.05, 4.69) is 26.0 Å². The van der Waals surface area contributed by atoms with Gasteiger partial charge in [-0.15, -0.1) is 0 Å². The minimum Gasteiger partial charge on any atom is -0.870 e. The molecule has 0 heterocycles. The van der Waals surface area contributed by atoms with Crippen LogP contribution in [0.4, 0.5) is 0 Å². The molecule has 0 saturated heterocycles. The molecule has 188 valence electrons. The van der Waals surface area contributed by atoms with Gasteiger partial charge in [0.05, 0.1) is 4.90 Å².